The van der Waals surface area contributed by atoms with Crippen molar-refractivity contribution in [1.82, 2.24) is 0 Å². The zero-order chi connectivity index (χ0) is 15.4. The number of hydrogen-bond donors (Lipinski definition) is 0. The van der Waals surface area contributed by atoms with Crippen LogP contribution in [-0.2, 0) is 9.53 Å². The highest BCUT2D eigenvalue weighted by Gasteiger charge is 2.18. The van der Waals surface area contributed by atoms with Gasteiger partial charge in [-0.2, -0.15) is 0 Å². The summed E-state index contributed by atoms with van der Waals surface area (Å²) >= 11 is 0. The predicted molar refractivity (Wildman–Crippen MR) is 80.3 cm³/mol. The number of aliphatic carboxylic acids is 1. The van der Waals surface area contributed by atoms with Gasteiger partial charge >= 0.3 is 0 Å². The third-order valence-corrected chi connectivity index (χ3v) is 3.27. The predicted octanol–water partition coefficient (Wildman–Crippen LogP) is 1.97. The average molecular weight is 287 g/mol. The zero-order valence-corrected chi connectivity index (χ0v) is 13.8. The number of carbonyl (C=O) groups is 1. The summed E-state index contributed by atoms with van der Waals surface area (Å²) < 4.78 is 6.65. The molecule has 0 saturated carbocycles. The Morgan fingerprint density at radius 3 is 2.25 bits per heavy atom. The van der Waals surface area contributed by atoms with Crippen LogP contribution in [0.4, 0.5) is 0 Å². The molecule has 0 rings (SSSR count). The lowest BCUT2D eigenvalue weighted by atomic mass is 10.1. The quantitative estimate of drug-likeness (QED) is 0.384. The fourth-order valence-corrected chi connectivity index (χ4v) is 2.25. The second-order valence-corrected chi connectivity index (χ2v) is 6.64. The van der Waals surface area contributed by atoms with E-state index in [1.165, 1.54) is 32.1 Å². The SMILES string of the molecule is CCCCCCCCOC(CCC(=O)[O-])C[N+](C)(C)C. The molecule has 1 unspecified atom stereocenters. The molecular formula is C16H33NO3. The minimum Gasteiger partial charge on any atom is -0.550 e. The highest BCUT2D eigenvalue weighted by atomic mass is 16.5. The Bertz CT molecular complexity index is 249. The number of likely N-dealkylation sites (N-methyl/N-ethyl adjacent to an activating group) is 1. The molecule has 0 spiro atoms. The Morgan fingerprint density at radius 2 is 1.70 bits per heavy atom. The monoisotopic (exact) mass is 287 g/mol. The number of nitrogens with zero attached hydrogens (tertiary/aromatic N) is 1. The van der Waals surface area contributed by atoms with Crippen molar-refractivity contribution in [3.8, 4) is 0 Å². The number of rotatable bonds is 13. The van der Waals surface area contributed by atoms with Crippen LogP contribution in [0.2, 0.25) is 0 Å². The second kappa shape index (κ2) is 11.1. The van der Waals surface area contributed by atoms with Gasteiger partial charge in [0, 0.05) is 12.6 Å². The maximum Gasteiger partial charge on any atom is 0.107 e. The van der Waals surface area contributed by atoms with Crippen molar-refractivity contribution in [2.75, 3.05) is 34.3 Å². The third kappa shape index (κ3) is 13.8. The van der Waals surface area contributed by atoms with Crippen molar-refractivity contribution in [3.63, 3.8) is 0 Å². The summed E-state index contributed by atoms with van der Waals surface area (Å²) in [5.74, 6) is -0.987. The largest absolute Gasteiger partial charge is 0.550 e. The van der Waals surface area contributed by atoms with Gasteiger partial charge < -0.3 is 19.1 Å². The molecule has 20 heavy (non-hydrogen) atoms. The maximum absolute atomic E-state index is 10.6. The molecule has 0 saturated heterocycles. The first-order valence-corrected chi connectivity index (χ1v) is 7.97. The van der Waals surface area contributed by atoms with Gasteiger partial charge in [-0.3, -0.25) is 0 Å². The van der Waals surface area contributed by atoms with Gasteiger partial charge in [-0.05, 0) is 19.3 Å². The van der Waals surface area contributed by atoms with E-state index in [9.17, 15) is 9.90 Å². The molecule has 0 aromatic carbocycles. The highest BCUT2D eigenvalue weighted by Crippen LogP contribution is 2.10. The molecule has 120 valence electrons. The van der Waals surface area contributed by atoms with E-state index in [1.54, 1.807) is 0 Å². The van der Waals surface area contributed by atoms with Gasteiger partial charge in [0.05, 0.1) is 21.1 Å². The summed E-state index contributed by atoms with van der Waals surface area (Å²) in [6.45, 7) is 3.79. The van der Waals surface area contributed by atoms with Crippen LogP contribution in [0.15, 0.2) is 0 Å². The van der Waals surface area contributed by atoms with Crippen LogP contribution in [0.3, 0.4) is 0 Å². The zero-order valence-electron chi connectivity index (χ0n) is 13.8. The summed E-state index contributed by atoms with van der Waals surface area (Å²) in [5, 5.41) is 10.6. The highest BCUT2D eigenvalue weighted by molar-refractivity contribution is 5.64. The van der Waals surface area contributed by atoms with Crippen molar-refractivity contribution in [1.29, 1.82) is 0 Å². The molecule has 0 aromatic rings. The first-order valence-electron chi connectivity index (χ1n) is 7.97. The molecular weight excluding hydrogens is 254 g/mol. The van der Waals surface area contributed by atoms with Gasteiger partial charge in [0.1, 0.15) is 12.6 Å². The fourth-order valence-electron chi connectivity index (χ4n) is 2.25. The number of carbonyl (C=O) groups excluding carboxylic acids is 1. The first-order chi connectivity index (χ1) is 9.35. The second-order valence-electron chi connectivity index (χ2n) is 6.64. The summed E-state index contributed by atoms with van der Waals surface area (Å²) in [4.78, 5) is 10.6. The van der Waals surface area contributed by atoms with Crippen LogP contribution in [0.5, 0.6) is 0 Å². The Hall–Kier alpha value is -0.610. The molecule has 0 aliphatic heterocycles. The summed E-state index contributed by atoms with van der Waals surface area (Å²) in [6.07, 6.45) is 8.10. The topological polar surface area (TPSA) is 49.4 Å². The lowest BCUT2D eigenvalue weighted by Crippen LogP contribution is -2.43. The molecule has 0 fully saturated rings. The molecule has 0 bridgehead atoms. The minimum absolute atomic E-state index is 0.0172. The summed E-state index contributed by atoms with van der Waals surface area (Å²) in [6, 6.07) is 0. The van der Waals surface area contributed by atoms with Gasteiger partial charge in [-0.15, -0.1) is 0 Å². The smallest absolute Gasteiger partial charge is 0.107 e. The van der Waals surface area contributed by atoms with E-state index >= 15 is 0 Å². The van der Waals surface area contributed by atoms with Gasteiger partial charge in [0.15, 0.2) is 0 Å². The molecule has 1 atom stereocenters. The average Bonchev–Trinajstić information content (AvgIpc) is 2.32. The van der Waals surface area contributed by atoms with Crippen LogP contribution in [0.25, 0.3) is 0 Å². The maximum atomic E-state index is 10.6. The normalized spacial score (nSPS) is 13.4. The van der Waals surface area contributed by atoms with Crippen molar-refractivity contribution >= 4 is 5.97 Å². The van der Waals surface area contributed by atoms with E-state index in [-0.39, 0.29) is 12.5 Å². The number of quaternary nitrogens is 1. The Labute approximate surface area is 124 Å². The molecule has 0 radical (unpaired) electrons. The van der Waals surface area contributed by atoms with Gasteiger partial charge in [0.25, 0.3) is 0 Å². The van der Waals surface area contributed by atoms with Crippen LogP contribution in [-0.4, -0.2) is 50.9 Å². The first kappa shape index (κ1) is 19.4. The number of carboxylic acids is 1. The van der Waals surface area contributed by atoms with E-state index in [0.717, 1.165) is 24.1 Å². The van der Waals surface area contributed by atoms with Gasteiger partial charge in [-0.25, -0.2) is 0 Å². The Morgan fingerprint density at radius 1 is 1.10 bits per heavy atom. The van der Waals surface area contributed by atoms with Crippen molar-refractivity contribution in [2.24, 2.45) is 0 Å². The standard InChI is InChI=1S/C16H33NO3/c1-5-6-7-8-9-10-13-20-15(11-12-16(18)19)14-17(2,3)4/h15H,5-14H2,1-4H3. The summed E-state index contributed by atoms with van der Waals surface area (Å²) in [5.41, 5.74) is 0. The lowest BCUT2D eigenvalue weighted by molar-refractivity contribution is -0.873. The number of unbranched alkanes of at least 4 members (excludes halogenated alkanes) is 5. The fraction of sp³-hybridized carbons (Fsp3) is 0.938. The molecule has 0 heterocycles. The van der Waals surface area contributed by atoms with Crippen molar-refractivity contribution in [3.05, 3.63) is 0 Å². The van der Waals surface area contributed by atoms with Crippen LogP contribution >= 0.6 is 0 Å². The van der Waals surface area contributed by atoms with Crippen LogP contribution in [0.1, 0.15) is 58.3 Å². The third-order valence-electron chi connectivity index (χ3n) is 3.27. The molecule has 0 aromatic heterocycles. The number of carboxylic acid groups (broad SMARTS) is 1. The number of ether oxygens (including phenoxy) is 1. The van der Waals surface area contributed by atoms with Gasteiger partial charge in [-0.1, -0.05) is 39.0 Å². The summed E-state index contributed by atoms with van der Waals surface area (Å²) in [7, 11) is 6.29. The Balaban J connectivity index is 3.82. The molecule has 0 aliphatic carbocycles. The molecule has 0 aliphatic rings. The van der Waals surface area contributed by atoms with Crippen molar-refractivity contribution in [2.45, 2.75) is 64.4 Å². The van der Waals surface area contributed by atoms with Crippen LogP contribution < -0.4 is 5.11 Å². The molecule has 0 N–H and O–H groups in total. The van der Waals surface area contributed by atoms with E-state index < -0.39 is 5.97 Å². The van der Waals surface area contributed by atoms with Crippen LogP contribution in [0, 0.1) is 0 Å². The van der Waals surface area contributed by atoms with E-state index in [1.807, 2.05) is 0 Å². The van der Waals surface area contributed by atoms with E-state index in [0.29, 0.717) is 6.42 Å². The van der Waals surface area contributed by atoms with Gasteiger partial charge in [0.2, 0.25) is 0 Å². The van der Waals surface area contributed by atoms with E-state index in [2.05, 4.69) is 28.1 Å². The number of hydrogen-bond acceptors (Lipinski definition) is 3. The Kier molecular flexibility index (Phi) is 10.8. The minimum atomic E-state index is -0.987. The molecule has 4 heteroatoms. The molecule has 4 nitrogen and oxygen atoms in total. The van der Waals surface area contributed by atoms with E-state index in [4.69, 9.17) is 4.74 Å². The lowest BCUT2D eigenvalue weighted by Gasteiger charge is -2.29. The van der Waals surface area contributed by atoms with Crippen molar-refractivity contribution < 1.29 is 19.1 Å². The molecule has 0 amide bonds.